The van der Waals surface area contributed by atoms with Crippen molar-refractivity contribution in [1.82, 2.24) is 0 Å². The molecule has 0 spiro atoms. The normalized spacial score (nSPS) is 21.7. The maximum Gasteiger partial charge on any atom is 0.389 e. The van der Waals surface area contributed by atoms with Gasteiger partial charge in [-0.25, -0.2) is 0 Å². The molecule has 0 saturated heterocycles. The zero-order chi connectivity index (χ0) is 22.6. The fraction of sp³-hybridized carbons (Fsp3) is 0.909. The van der Waals surface area contributed by atoms with E-state index in [1.165, 1.54) is 0 Å². The van der Waals surface area contributed by atoms with Crippen LogP contribution < -0.4 is 0 Å². The van der Waals surface area contributed by atoms with Gasteiger partial charge in [-0.15, -0.1) is 0 Å². The summed E-state index contributed by atoms with van der Waals surface area (Å²) in [6, 6.07) is 0. The number of carbonyl (C=O) groups excluding carboxylic acids is 1. The van der Waals surface area contributed by atoms with Gasteiger partial charge in [-0.2, -0.15) is 24.9 Å². The van der Waals surface area contributed by atoms with E-state index in [9.17, 15) is 27.9 Å². The van der Waals surface area contributed by atoms with Gasteiger partial charge in [0.25, 0.3) is 0 Å². The third kappa shape index (κ3) is 12.8. The second-order valence-electron chi connectivity index (χ2n) is 8.83. The van der Waals surface area contributed by atoms with E-state index in [1.54, 1.807) is 18.7 Å². The number of aliphatic hydroxyl groups is 1. The van der Waals surface area contributed by atoms with Crippen LogP contribution in [0.15, 0.2) is 0 Å². The number of carboxylic acid groups (broad SMARTS) is 1. The zero-order valence-corrected chi connectivity index (χ0v) is 18.8. The van der Waals surface area contributed by atoms with Gasteiger partial charge in [0.1, 0.15) is 5.78 Å². The average Bonchev–Trinajstić information content (AvgIpc) is 2.98. The van der Waals surface area contributed by atoms with E-state index in [0.717, 1.165) is 32.1 Å². The molecule has 0 aliphatic heterocycles. The molecular weight excluding hydrogens is 417 g/mol. The van der Waals surface area contributed by atoms with Crippen molar-refractivity contribution >= 4 is 23.5 Å². The van der Waals surface area contributed by atoms with Gasteiger partial charge < -0.3 is 10.2 Å². The molecule has 1 rings (SSSR count). The van der Waals surface area contributed by atoms with Crippen molar-refractivity contribution < 1.29 is 33.0 Å². The van der Waals surface area contributed by atoms with E-state index >= 15 is 0 Å². The van der Waals surface area contributed by atoms with Crippen molar-refractivity contribution in [1.29, 1.82) is 0 Å². The van der Waals surface area contributed by atoms with Crippen LogP contribution in [0.1, 0.15) is 96.8 Å². The number of carboxylic acids is 1. The number of halogens is 3. The van der Waals surface area contributed by atoms with Crippen LogP contribution in [0.25, 0.3) is 0 Å². The van der Waals surface area contributed by atoms with Gasteiger partial charge in [0.05, 0.1) is 5.60 Å². The Balaban J connectivity index is 2.22. The van der Waals surface area contributed by atoms with Crippen LogP contribution in [0.5, 0.6) is 0 Å². The minimum Gasteiger partial charge on any atom is -0.481 e. The molecule has 1 aliphatic rings. The number of alkyl halides is 3. The molecule has 30 heavy (non-hydrogen) atoms. The summed E-state index contributed by atoms with van der Waals surface area (Å²) >= 11 is 1.65. The summed E-state index contributed by atoms with van der Waals surface area (Å²) in [7, 11) is 0. The molecule has 2 N–H and O–H groups in total. The molecule has 0 amide bonds. The Morgan fingerprint density at radius 2 is 1.63 bits per heavy atom. The Labute approximate surface area is 182 Å². The molecule has 1 saturated carbocycles. The van der Waals surface area contributed by atoms with E-state index in [1.807, 2.05) is 0 Å². The molecule has 3 atom stereocenters. The van der Waals surface area contributed by atoms with Gasteiger partial charge in [0.15, 0.2) is 0 Å². The van der Waals surface area contributed by atoms with Crippen LogP contribution in [-0.4, -0.2) is 44.7 Å². The van der Waals surface area contributed by atoms with E-state index in [-0.39, 0.29) is 24.0 Å². The van der Waals surface area contributed by atoms with E-state index in [2.05, 4.69) is 0 Å². The van der Waals surface area contributed by atoms with Crippen LogP contribution in [0.3, 0.4) is 0 Å². The van der Waals surface area contributed by atoms with Gasteiger partial charge in [-0.1, -0.05) is 38.5 Å². The number of rotatable bonds is 16. The number of hydrogen-bond acceptors (Lipinski definition) is 4. The van der Waals surface area contributed by atoms with Crippen LogP contribution in [0.2, 0.25) is 0 Å². The lowest BCUT2D eigenvalue weighted by Crippen LogP contribution is -2.29. The fourth-order valence-corrected chi connectivity index (χ4v) is 5.48. The molecule has 3 unspecified atom stereocenters. The molecule has 176 valence electrons. The van der Waals surface area contributed by atoms with Gasteiger partial charge in [-0.05, 0) is 39.0 Å². The highest BCUT2D eigenvalue weighted by atomic mass is 32.2. The third-order valence-corrected chi connectivity index (χ3v) is 7.51. The maximum absolute atomic E-state index is 12.2. The summed E-state index contributed by atoms with van der Waals surface area (Å²) in [4.78, 5) is 22.7. The largest absolute Gasteiger partial charge is 0.481 e. The van der Waals surface area contributed by atoms with E-state index in [4.69, 9.17) is 5.11 Å². The lowest BCUT2D eigenvalue weighted by molar-refractivity contribution is -0.137. The lowest BCUT2D eigenvalue weighted by Gasteiger charge is -2.26. The average molecular weight is 455 g/mol. The number of ketones is 1. The van der Waals surface area contributed by atoms with E-state index in [0.29, 0.717) is 50.1 Å². The van der Waals surface area contributed by atoms with Crippen LogP contribution in [0, 0.1) is 5.92 Å². The molecule has 1 aliphatic carbocycles. The number of hydrogen-bond donors (Lipinski definition) is 2. The third-order valence-electron chi connectivity index (χ3n) is 5.73. The number of carbonyl (C=O) groups is 2. The summed E-state index contributed by atoms with van der Waals surface area (Å²) in [5, 5.41) is 19.5. The molecule has 1 fully saturated rings. The highest BCUT2D eigenvalue weighted by Gasteiger charge is 2.35. The molecule has 0 radical (unpaired) electrons. The first kappa shape index (κ1) is 27.3. The molecule has 0 heterocycles. The first-order valence-electron chi connectivity index (χ1n) is 11.2. The number of Topliss-reactive ketones (excluding diaryl/α,β-unsaturated/α-hetero) is 1. The molecule has 4 nitrogen and oxygen atoms in total. The predicted molar refractivity (Wildman–Crippen MR) is 114 cm³/mol. The smallest absolute Gasteiger partial charge is 0.389 e. The number of aliphatic carboxylic acids is 1. The highest BCUT2D eigenvalue weighted by molar-refractivity contribution is 8.00. The SMILES string of the molecule is CC(O)(CCCCCCC(F)(F)F)CSC1CCC(=O)C1CCCCCCC(=O)O. The molecule has 0 bridgehead atoms. The summed E-state index contributed by atoms with van der Waals surface area (Å²) < 4.78 is 36.4. The maximum atomic E-state index is 12.2. The predicted octanol–water partition coefficient (Wildman–Crippen LogP) is 6.15. The van der Waals surface area contributed by atoms with Crippen molar-refractivity contribution in [2.24, 2.45) is 5.92 Å². The summed E-state index contributed by atoms with van der Waals surface area (Å²) in [5.41, 5.74) is -0.873. The molecule has 0 aromatic carbocycles. The fourth-order valence-electron chi connectivity index (χ4n) is 3.96. The monoisotopic (exact) mass is 454 g/mol. The summed E-state index contributed by atoms with van der Waals surface area (Å²) in [6.45, 7) is 1.77. The quantitative estimate of drug-likeness (QED) is 0.274. The van der Waals surface area contributed by atoms with Gasteiger partial charge in [0, 0.05) is 36.2 Å². The van der Waals surface area contributed by atoms with Crippen molar-refractivity contribution in [3.8, 4) is 0 Å². The number of thioether (sulfide) groups is 1. The topological polar surface area (TPSA) is 74.6 Å². The standard InChI is InChI=1S/C22H37F3O4S/c1-21(29,14-8-4-5-9-15-22(23,24)25)16-30-19-13-12-18(26)17(19)10-6-2-3-7-11-20(27)28/h17,19,29H,2-16H2,1H3,(H,27,28). The van der Waals surface area contributed by atoms with Crippen molar-refractivity contribution in [3.63, 3.8) is 0 Å². The van der Waals surface area contributed by atoms with Crippen LogP contribution >= 0.6 is 11.8 Å². The van der Waals surface area contributed by atoms with E-state index < -0.39 is 24.2 Å². The van der Waals surface area contributed by atoms with Crippen LogP contribution in [-0.2, 0) is 9.59 Å². The zero-order valence-electron chi connectivity index (χ0n) is 18.0. The molecule has 0 aromatic heterocycles. The Morgan fingerprint density at radius 1 is 1.03 bits per heavy atom. The lowest BCUT2D eigenvalue weighted by atomic mass is 9.98. The highest BCUT2D eigenvalue weighted by Crippen LogP contribution is 2.38. The minimum atomic E-state index is -4.09. The molecule has 0 aromatic rings. The van der Waals surface area contributed by atoms with Gasteiger partial charge >= 0.3 is 12.1 Å². The molecule has 8 heteroatoms. The first-order valence-corrected chi connectivity index (χ1v) is 12.2. The molecular formula is C22H37F3O4S. The minimum absolute atomic E-state index is 0.0210. The summed E-state index contributed by atoms with van der Waals surface area (Å²) in [6.07, 6.45) is 3.60. The second-order valence-corrected chi connectivity index (χ2v) is 10.1. The van der Waals surface area contributed by atoms with Crippen molar-refractivity contribution in [3.05, 3.63) is 0 Å². The van der Waals surface area contributed by atoms with Crippen molar-refractivity contribution in [2.45, 2.75) is 114 Å². The van der Waals surface area contributed by atoms with Crippen molar-refractivity contribution in [2.75, 3.05) is 5.75 Å². The van der Waals surface area contributed by atoms with Gasteiger partial charge in [0.2, 0.25) is 0 Å². The first-order chi connectivity index (χ1) is 14.0. The second kappa shape index (κ2) is 13.6. The summed E-state index contributed by atoms with van der Waals surface area (Å²) in [5.74, 6) is 0.0728. The Hall–Kier alpha value is -0.760. The number of unbranched alkanes of at least 4 members (excludes halogenated alkanes) is 6. The Kier molecular flexibility index (Phi) is 12.4. The van der Waals surface area contributed by atoms with Crippen LogP contribution in [0.4, 0.5) is 13.2 Å². The Morgan fingerprint density at radius 3 is 2.27 bits per heavy atom. The Bertz CT molecular complexity index is 523. The van der Waals surface area contributed by atoms with Gasteiger partial charge in [-0.3, -0.25) is 9.59 Å².